The van der Waals surface area contributed by atoms with Gasteiger partial charge in [-0.15, -0.1) is 0 Å². The molecule has 2 rings (SSSR count). The zero-order chi connectivity index (χ0) is 12.6. The molecule has 0 radical (unpaired) electrons. The van der Waals surface area contributed by atoms with Gasteiger partial charge in [0.1, 0.15) is 5.82 Å². The standard InChI is InChI=1S/C12H19N3O2/c1-5-17-12(16)10-6-13-11-7(2)8(3)14-15(11)9(10)4/h9-10,13H,5-6H2,1-4H3. The highest BCUT2D eigenvalue weighted by Gasteiger charge is 2.34. The van der Waals surface area contributed by atoms with E-state index in [1.807, 2.05) is 32.4 Å². The Morgan fingerprint density at radius 3 is 2.94 bits per heavy atom. The molecule has 0 bridgehead atoms. The van der Waals surface area contributed by atoms with Crippen molar-refractivity contribution in [3.8, 4) is 0 Å². The fraction of sp³-hybridized carbons (Fsp3) is 0.667. The summed E-state index contributed by atoms with van der Waals surface area (Å²) >= 11 is 0. The van der Waals surface area contributed by atoms with Gasteiger partial charge < -0.3 is 10.1 Å². The third-order valence-electron chi connectivity index (χ3n) is 3.43. The predicted octanol–water partition coefficient (Wildman–Crippen LogP) is 1.67. The molecule has 94 valence electrons. The summed E-state index contributed by atoms with van der Waals surface area (Å²) in [5, 5.41) is 7.74. The van der Waals surface area contributed by atoms with E-state index in [4.69, 9.17) is 4.74 Å². The molecule has 0 saturated carbocycles. The highest BCUT2D eigenvalue weighted by atomic mass is 16.5. The van der Waals surface area contributed by atoms with Crippen LogP contribution in [-0.4, -0.2) is 28.9 Å². The van der Waals surface area contributed by atoms with Crippen LogP contribution in [0.3, 0.4) is 0 Å². The number of fused-ring (bicyclic) bond motifs is 1. The molecule has 0 fully saturated rings. The lowest BCUT2D eigenvalue weighted by Gasteiger charge is -2.30. The minimum atomic E-state index is -0.166. The van der Waals surface area contributed by atoms with Gasteiger partial charge in [-0.05, 0) is 27.7 Å². The molecular weight excluding hydrogens is 218 g/mol. The van der Waals surface area contributed by atoms with Gasteiger partial charge in [0.15, 0.2) is 0 Å². The molecule has 2 unspecified atom stereocenters. The predicted molar refractivity (Wildman–Crippen MR) is 65.0 cm³/mol. The minimum Gasteiger partial charge on any atom is -0.466 e. The maximum Gasteiger partial charge on any atom is 0.312 e. The number of nitrogens with zero attached hydrogens (tertiary/aromatic N) is 2. The molecule has 1 aliphatic heterocycles. The lowest BCUT2D eigenvalue weighted by atomic mass is 9.99. The van der Waals surface area contributed by atoms with Crippen molar-refractivity contribution in [2.24, 2.45) is 5.92 Å². The maximum absolute atomic E-state index is 11.8. The van der Waals surface area contributed by atoms with Crippen LogP contribution >= 0.6 is 0 Å². The molecule has 5 nitrogen and oxygen atoms in total. The number of aromatic nitrogens is 2. The molecule has 5 heteroatoms. The van der Waals surface area contributed by atoms with Crippen LogP contribution in [-0.2, 0) is 9.53 Å². The van der Waals surface area contributed by atoms with E-state index in [2.05, 4.69) is 10.4 Å². The minimum absolute atomic E-state index is 0.0395. The SMILES string of the molecule is CCOC(=O)C1CNc2c(C)c(C)nn2C1C. The van der Waals surface area contributed by atoms with E-state index in [-0.39, 0.29) is 17.9 Å². The lowest BCUT2D eigenvalue weighted by molar-refractivity contribution is -0.149. The van der Waals surface area contributed by atoms with Gasteiger partial charge in [-0.3, -0.25) is 4.79 Å². The van der Waals surface area contributed by atoms with E-state index >= 15 is 0 Å². The molecule has 1 aromatic heterocycles. The van der Waals surface area contributed by atoms with Gasteiger partial charge in [0, 0.05) is 12.1 Å². The number of hydrogen-bond donors (Lipinski definition) is 1. The van der Waals surface area contributed by atoms with Crippen LogP contribution in [0, 0.1) is 19.8 Å². The Morgan fingerprint density at radius 1 is 1.59 bits per heavy atom. The number of nitrogens with one attached hydrogen (secondary N) is 1. The Balaban J connectivity index is 2.27. The number of carbonyl (C=O) groups is 1. The third-order valence-corrected chi connectivity index (χ3v) is 3.43. The summed E-state index contributed by atoms with van der Waals surface area (Å²) in [5.74, 6) is 0.709. The van der Waals surface area contributed by atoms with E-state index in [1.54, 1.807) is 0 Å². The molecule has 0 aromatic carbocycles. The van der Waals surface area contributed by atoms with E-state index in [1.165, 1.54) is 0 Å². The molecule has 0 saturated heterocycles. The van der Waals surface area contributed by atoms with Crippen LogP contribution in [0.15, 0.2) is 0 Å². The molecular formula is C12H19N3O2. The first kappa shape index (κ1) is 12.0. The summed E-state index contributed by atoms with van der Waals surface area (Å²) in [7, 11) is 0. The van der Waals surface area contributed by atoms with E-state index < -0.39 is 0 Å². The van der Waals surface area contributed by atoms with Crippen molar-refractivity contribution in [3.05, 3.63) is 11.3 Å². The van der Waals surface area contributed by atoms with Gasteiger partial charge in [0.25, 0.3) is 0 Å². The number of ether oxygens (including phenoxy) is 1. The first-order chi connectivity index (χ1) is 8.06. The largest absolute Gasteiger partial charge is 0.466 e. The molecule has 0 aliphatic carbocycles. The second-order valence-electron chi connectivity index (χ2n) is 4.48. The van der Waals surface area contributed by atoms with Crippen LogP contribution in [0.5, 0.6) is 0 Å². The zero-order valence-corrected chi connectivity index (χ0v) is 10.8. The van der Waals surface area contributed by atoms with Crippen LogP contribution < -0.4 is 5.32 Å². The van der Waals surface area contributed by atoms with Gasteiger partial charge >= 0.3 is 5.97 Å². The lowest BCUT2D eigenvalue weighted by Crippen LogP contribution is -2.37. The number of esters is 1. The fourth-order valence-corrected chi connectivity index (χ4v) is 2.22. The van der Waals surface area contributed by atoms with Gasteiger partial charge in [-0.25, -0.2) is 4.68 Å². The molecule has 0 amide bonds. The molecule has 1 aliphatic rings. The quantitative estimate of drug-likeness (QED) is 0.795. The highest BCUT2D eigenvalue weighted by Crippen LogP contribution is 2.31. The van der Waals surface area contributed by atoms with Crippen LogP contribution in [0.4, 0.5) is 5.82 Å². The zero-order valence-electron chi connectivity index (χ0n) is 10.8. The van der Waals surface area contributed by atoms with Crippen molar-refractivity contribution >= 4 is 11.8 Å². The number of anilines is 1. The molecule has 1 aromatic rings. The summed E-state index contributed by atoms with van der Waals surface area (Å²) in [6.45, 7) is 8.90. The average Bonchev–Trinajstić information content (AvgIpc) is 2.58. The summed E-state index contributed by atoms with van der Waals surface area (Å²) in [6.07, 6.45) is 0. The normalized spacial score (nSPS) is 22.8. The van der Waals surface area contributed by atoms with E-state index in [9.17, 15) is 4.79 Å². The number of hydrogen-bond acceptors (Lipinski definition) is 4. The first-order valence-electron chi connectivity index (χ1n) is 6.02. The van der Waals surface area contributed by atoms with Gasteiger partial charge in [0.05, 0.1) is 24.3 Å². The number of aryl methyl sites for hydroxylation is 1. The van der Waals surface area contributed by atoms with Crippen molar-refractivity contribution in [3.63, 3.8) is 0 Å². The van der Waals surface area contributed by atoms with E-state index in [0.29, 0.717) is 13.2 Å². The van der Waals surface area contributed by atoms with Crippen LogP contribution in [0.2, 0.25) is 0 Å². The van der Waals surface area contributed by atoms with Crippen LogP contribution in [0.1, 0.15) is 31.1 Å². The van der Waals surface area contributed by atoms with Crippen molar-refractivity contribution in [1.82, 2.24) is 9.78 Å². The van der Waals surface area contributed by atoms with Gasteiger partial charge in [-0.1, -0.05) is 0 Å². The van der Waals surface area contributed by atoms with Crippen LogP contribution in [0.25, 0.3) is 0 Å². The monoisotopic (exact) mass is 237 g/mol. The number of carbonyl (C=O) groups excluding carboxylic acids is 1. The summed E-state index contributed by atoms with van der Waals surface area (Å²) in [4.78, 5) is 11.8. The number of rotatable bonds is 2. The summed E-state index contributed by atoms with van der Waals surface area (Å²) < 4.78 is 6.98. The third kappa shape index (κ3) is 1.90. The Hall–Kier alpha value is -1.52. The second-order valence-corrected chi connectivity index (χ2v) is 4.48. The van der Waals surface area contributed by atoms with Crippen molar-refractivity contribution in [2.45, 2.75) is 33.7 Å². The second kappa shape index (κ2) is 4.39. The Kier molecular flexibility index (Phi) is 3.09. The highest BCUT2D eigenvalue weighted by molar-refractivity contribution is 5.74. The summed E-state index contributed by atoms with van der Waals surface area (Å²) in [6, 6.07) is 0.0395. The molecule has 2 heterocycles. The molecule has 17 heavy (non-hydrogen) atoms. The summed E-state index contributed by atoms with van der Waals surface area (Å²) in [5.41, 5.74) is 2.16. The Morgan fingerprint density at radius 2 is 2.29 bits per heavy atom. The Bertz CT molecular complexity index is 439. The molecule has 2 atom stereocenters. The van der Waals surface area contributed by atoms with E-state index in [0.717, 1.165) is 17.1 Å². The smallest absolute Gasteiger partial charge is 0.312 e. The molecule has 0 spiro atoms. The fourth-order valence-electron chi connectivity index (χ4n) is 2.22. The van der Waals surface area contributed by atoms with Gasteiger partial charge in [-0.2, -0.15) is 5.10 Å². The Labute approximate surface area is 101 Å². The first-order valence-corrected chi connectivity index (χ1v) is 6.02. The topological polar surface area (TPSA) is 56.1 Å². The van der Waals surface area contributed by atoms with Crippen molar-refractivity contribution in [2.75, 3.05) is 18.5 Å². The maximum atomic E-state index is 11.8. The van der Waals surface area contributed by atoms with Crippen molar-refractivity contribution < 1.29 is 9.53 Å². The van der Waals surface area contributed by atoms with Crippen molar-refractivity contribution in [1.29, 1.82) is 0 Å². The molecule has 1 N–H and O–H groups in total. The average molecular weight is 237 g/mol. The van der Waals surface area contributed by atoms with Gasteiger partial charge in [0.2, 0.25) is 0 Å².